The zero-order valence-corrected chi connectivity index (χ0v) is 13.8. The summed E-state index contributed by atoms with van der Waals surface area (Å²) in [5, 5.41) is 2.81. The first-order valence-corrected chi connectivity index (χ1v) is 7.78. The second-order valence-electron chi connectivity index (χ2n) is 4.88. The lowest BCUT2D eigenvalue weighted by Crippen LogP contribution is -2.37. The van der Waals surface area contributed by atoms with Gasteiger partial charge >= 0.3 is 0 Å². The number of amides is 1. The average Bonchev–Trinajstić information content (AvgIpc) is 2.51. The minimum absolute atomic E-state index is 0.176. The fourth-order valence-corrected chi connectivity index (χ4v) is 2.16. The lowest BCUT2D eigenvalue weighted by atomic mass is 10.1. The fraction of sp³-hybridized carbons (Fsp3) is 0.235. The molecule has 0 aliphatic heterocycles. The molecule has 22 heavy (non-hydrogen) atoms. The molecule has 0 saturated heterocycles. The molecule has 1 N–H and O–H groups in total. The molecule has 0 unspecified atom stereocenters. The van der Waals surface area contributed by atoms with E-state index in [0.717, 1.165) is 10.0 Å². The minimum Gasteiger partial charge on any atom is -0.481 e. The molecule has 5 heteroatoms. The molecule has 2 aromatic rings. The van der Waals surface area contributed by atoms with E-state index in [1.807, 2.05) is 12.1 Å². The van der Waals surface area contributed by atoms with E-state index in [2.05, 4.69) is 21.2 Å². The van der Waals surface area contributed by atoms with Crippen LogP contribution in [0.1, 0.15) is 12.5 Å². The number of nitrogens with one attached hydrogen (secondary N) is 1. The van der Waals surface area contributed by atoms with Gasteiger partial charge < -0.3 is 10.1 Å². The largest absolute Gasteiger partial charge is 0.481 e. The molecule has 3 nitrogen and oxygen atoms in total. The van der Waals surface area contributed by atoms with Crippen LogP contribution in [0.4, 0.5) is 4.39 Å². The number of carbonyl (C=O) groups is 1. The van der Waals surface area contributed by atoms with Gasteiger partial charge in [-0.25, -0.2) is 4.39 Å². The third-order valence-corrected chi connectivity index (χ3v) is 3.65. The number of hydrogen-bond acceptors (Lipinski definition) is 2. The maximum atomic E-state index is 12.8. The van der Waals surface area contributed by atoms with Crippen LogP contribution in [0.15, 0.2) is 53.0 Å². The highest BCUT2D eigenvalue weighted by molar-refractivity contribution is 9.10. The van der Waals surface area contributed by atoms with Crippen molar-refractivity contribution in [3.63, 3.8) is 0 Å². The highest BCUT2D eigenvalue weighted by Gasteiger charge is 2.13. The summed E-state index contributed by atoms with van der Waals surface area (Å²) in [6.07, 6.45) is 0.0752. The van der Waals surface area contributed by atoms with Crippen molar-refractivity contribution < 1.29 is 13.9 Å². The van der Waals surface area contributed by atoms with Crippen molar-refractivity contribution in [3.05, 3.63) is 64.4 Å². The van der Waals surface area contributed by atoms with Crippen molar-refractivity contribution in [2.75, 3.05) is 6.54 Å². The molecule has 0 aliphatic carbocycles. The molecule has 2 rings (SSSR count). The van der Waals surface area contributed by atoms with E-state index in [0.29, 0.717) is 18.7 Å². The molecule has 0 heterocycles. The SMILES string of the molecule is C[C@@H](Oc1ccc(Br)cc1)C(=O)NCCc1ccc(F)cc1. The zero-order chi connectivity index (χ0) is 15.9. The predicted octanol–water partition coefficient (Wildman–Crippen LogP) is 3.71. The van der Waals surface area contributed by atoms with E-state index in [-0.39, 0.29) is 11.7 Å². The number of carbonyl (C=O) groups excluding carboxylic acids is 1. The number of benzene rings is 2. The lowest BCUT2D eigenvalue weighted by molar-refractivity contribution is -0.127. The molecule has 0 saturated carbocycles. The van der Waals surface area contributed by atoms with Crippen LogP contribution in [0, 0.1) is 5.82 Å². The predicted molar refractivity (Wildman–Crippen MR) is 87.3 cm³/mol. The third kappa shape index (κ3) is 5.15. The Morgan fingerprint density at radius 2 is 1.82 bits per heavy atom. The molecule has 116 valence electrons. The lowest BCUT2D eigenvalue weighted by Gasteiger charge is -2.14. The Kier molecular flexibility index (Phi) is 5.95. The summed E-state index contributed by atoms with van der Waals surface area (Å²) in [5.74, 6) is 0.207. The van der Waals surface area contributed by atoms with E-state index >= 15 is 0 Å². The summed E-state index contributed by atoms with van der Waals surface area (Å²) in [7, 11) is 0. The van der Waals surface area contributed by atoms with Crippen LogP contribution in [-0.2, 0) is 11.2 Å². The molecule has 2 aromatic carbocycles. The quantitative estimate of drug-likeness (QED) is 0.847. The summed E-state index contributed by atoms with van der Waals surface area (Å²) in [5.41, 5.74) is 0.975. The number of ether oxygens (including phenoxy) is 1. The summed E-state index contributed by atoms with van der Waals surface area (Å²) in [6.45, 7) is 2.19. The number of rotatable bonds is 6. The van der Waals surface area contributed by atoms with Gasteiger partial charge in [0.1, 0.15) is 11.6 Å². The maximum Gasteiger partial charge on any atom is 0.260 e. The standard InChI is InChI=1S/C17H17BrFNO2/c1-12(22-16-8-4-14(18)5-9-16)17(21)20-11-10-13-2-6-15(19)7-3-13/h2-9,12H,10-11H2,1H3,(H,20,21)/t12-/m1/s1. The van der Waals surface area contributed by atoms with Crippen molar-refractivity contribution in [1.29, 1.82) is 0 Å². The van der Waals surface area contributed by atoms with Crippen molar-refractivity contribution in [2.45, 2.75) is 19.4 Å². The first kappa shape index (κ1) is 16.5. The number of hydrogen-bond donors (Lipinski definition) is 1. The van der Waals surface area contributed by atoms with Gasteiger partial charge in [0.25, 0.3) is 5.91 Å². The second-order valence-corrected chi connectivity index (χ2v) is 5.80. The summed E-state index contributed by atoms with van der Waals surface area (Å²) in [6, 6.07) is 13.6. The Morgan fingerprint density at radius 3 is 2.45 bits per heavy atom. The van der Waals surface area contributed by atoms with Gasteiger partial charge in [-0.1, -0.05) is 28.1 Å². The zero-order valence-electron chi connectivity index (χ0n) is 12.2. The topological polar surface area (TPSA) is 38.3 Å². The minimum atomic E-state index is -0.575. The molecule has 0 fully saturated rings. The van der Waals surface area contributed by atoms with Crippen LogP contribution in [0.3, 0.4) is 0 Å². The van der Waals surface area contributed by atoms with Gasteiger partial charge in [-0.2, -0.15) is 0 Å². The van der Waals surface area contributed by atoms with E-state index in [1.54, 1.807) is 31.2 Å². The molecule has 0 radical (unpaired) electrons. The van der Waals surface area contributed by atoms with E-state index in [4.69, 9.17) is 4.74 Å². The normalized spacial score (nSPS) is 11.8. The maximum absolute atomic E-state index is 12.8. The Balaban J connectivity index is 1.76. The van der Waals surface area contributed by atoms with Gasteiger partial charge in [0.2, 0.25) is 0 Å². The van der Waals surface area contributed by atoms with Crippen molar-refractivity contribution in [2.24, 2.45) is 0 Å². The molecule has 1 atom stereocenters. The Bertz CT molecular complexity index is 614. The first-order chi connectivity index (χ1) is 10.5. The van der Waals surface area contributed by atoms with Crippen LogP contribution in [0.25, 0.3) is 0 Å². The molecular formula is C17H17BrFNO2. The van der Waals surface area contributed by atoms with Crippen molar-refractivity contribution in [1.82, 2.24) is 5.32 Å². The fourth-order valence-electron chi connectivity index (χ4n) is 1.90. The van der Waals surface area contributed by atoms with Crippen LogP contribution in [0.2, 0.25) is 0 Å². The smallest absolute Gasteiger partial charge is 0.260 e. The van der Waals surface area contributed by atoms with E-state index < -0.39 is 6.10 Å². The average molecular weight is 366 g/mol. The van der Waals surface area contributed by atoms with Crippen LogP contribution >= 0.6 is 15.9 Å². The molecule has 1 amide bonds. The number of halogens is 2. The van der Waals surface area contributed by atoms with Crippen LogP contribution in [-0.4, -0.2) is 18.6 Å². The highest BCUT2D eigenvalue weighted by Crippen LogP contribution is 2.17. The molecule has 0 bridgehead atoms. The monoisotopic (exact) mass is 365 g/mol. The highest BCUT2D eigenvalue weighted by atomic mass is 79.9. The van der Waals surface area contributed by atoms with E-state index in [1.165, 1.54) is 12.1 Å². The van der Waals surface area contributed by atoms with Crippen molar-refractivity contribution >= 4 is 21.8 Å². The van der Waals surface area contributed by atoms with Gasteiger partial charge in [-0.05, 0) is 55.3 Å². The Morgan fingerprint density at radius 1 is 1.18 bits per heavy atom. The van der Waals surface area contributed by atoms with Crippen LogP contribution in [0.5, 0.6) is 5.75 Å². The Labute approximate surface area is 137 Å². The summed E-state index contributed by atoms with van der Waals surface area (Å²) >= 11 is 3.34. The van der Waals surface area contributed by atoms with Crippen LogP contribution < -0.4 is 10.1 Å². The Hall–Kier alpha value is -1.88. The van der Waals surface area contributed by atoms with Gasteiger partial charge in [0.15, 0.2) is 6.10 Å². The molecule has 0 spiro atoms. The summed E-state index contributed by atoms with van der Waals surface area (Å²) < 4.78 is 19.3. The van der Waals surface area contributed by atoms with Gasteiger partial charge in [0.05, 0.1) is 0 Å². The summed E-state index contributed by atoms with van der Waals surface area (Å²) in [4.78, 5) is 12.0. The first-order valence-electron chi connectivity index (χ1n) is 6.99. The molecule has 0 aromatic heterocycles. The van der Waals surface area contributed by atoms with Gasteiger partial charge in [-0.3, -0.25) is 4.79 Å². The second kappa shape index (κ2) is 7.94. The van der Waals surface area contributed by atoms with E-state index in [9.17, 15) is 9.18 Å². The van der Waals surface area contributed by atoms with Crippen molar-refractivity contribution in [3.8, 4) is 5.75 Å². The molecule has 0 aliphatic rings. The van der Waals surface area contributed by atoms with Gasteiger partial charge in [0, 0.05) is 11.0 Å². The van der Waals surface area contributed by atoms with Gasteiger partial charge in [-0.15, -0.1) is 0 Å². The molecular weight excluding hydrogens is 349 g/mol. The third-order valence-electron chi connectivity index (χ3n) is 3.12.